The molecule has 3 N–H and O–H groups in total. The average Bonchev–Trinajstić information content (AvgIpc) is 3.35. The quantitative estimate of drug-likeness (QED) is 0.653. The number of nitrogens with zero attached hydrogens (tertiary/aromatic N) is 3. The van der Waals surface area contributed by atoms with Gasteiger partial charge >= 0.3 is 6.09 Å². The summed E-state index contributed by atoms with van der Waals surface area (Å²) in [6.07, 6.45) is 3.89. The van der Waals surface area contributed by atoms with Crippen molar-refractivity contribution in [3.8, 4) is 17.0 Å². The summed E-state index contributed by atoms with van der Waals surface area (Å²) >= 11 is 0. The highest BCUT2D eigenvalue weighted by Crippen LogP contribution is 2.36. The molecule has 3 aromatic rings. The molecule has 1 aliphatic heterocycles. The van der Waals surface area contributed by atoms with E-state index < -0.39 is 11.7 Å². The molecule has 0 saturated carbocycles. The van der Waals surface area contributed by atoms with E-state index in [0.717, 1.165) is 23.3 Å². The van der Waals surface area contributed by atoms with Crippen molar-refractivity contribution in [3.63, 3.8) is 0 Å². The van der Waals surface area contributed by atoms with Crippen molar-refractivity contribution in [2.24, 2.45) is 0 Å². The number of anilines is 2. The first-order chi connectivity index (χ1) is 14.8. The highest BCUT2D eigenvalue weighted by atomic mass is 16.6. The maximum atomic E-state index is 12.2. The third-order valence-electron chi connectivity index (χ3n) is 5.02. The van der Waals surface area contributed by atoms with Crippen LogP contribution < -0.4 is 15.8 Å². The summed E-state index contributed by atoms with van der Waals surface area (Å²) in [6, 6.07) is 5.43. The number of nitrogens with one attached hydrogen (secondary N) is 1. The van der Waals surface area contributed by atoms with E-state index in [4.69, 9.17) is 24.9 Å². The van der Waals surface area contributed by atoms with Gasteiger partial charge in [0.1, 0.15) is 34.2 Å². The monoisotopic (exact) mass is 425 g/mol. The Morgan fingerprint density at radius 3 is 2.84 bits per heavy atom. The second kappa shape index (κ2) is 8.07. The van der Waals surface area contributed by atoms with Crippen LogP contribution in [0.5, 0.6) is 5.75 Å². The Hall–Kier alpha value is -3.33. The second-order valence-electron chi connectivity index (χ2n) is 8.45. The van der Waals surface area contributed by atoms with Crippen LogP contribution in [-0.4, -0.2) is 46.4 Å². The first kappa shape index (κ1) is 20.9. The summed E-state index contributed by atoms with van der Waals surface area (Å²) in [5.41, 5.74) is 8.36. The van der Waals surface area contributed by atoms with Crippen LogP contribution in [0, 0.1) is 0 Å². The van der Waals surface area contributed by atoms with E-state index in [1.54, 1.807) is 19.4 Å². The van der Waals surface area contributed by atoms with Gasteiger partial charge in [0, 0.05) is 30.5 Å². The predicted octanol–water partition coefficient (Wildman–Crippen LogP) is 3.84. The third-order valence-corrected chi connectivity index (χ3v) is 5.02. The number of rotatable bonds is 4. The Labute approximate surface area is 180 Å². The highest BCUT2D eigenvalue weighted by molar-refractivity contribution is 5.90. The molecule has 1 saturated heterocycles. The van der Waals surface area contributed by atoms with Gasteiger partial charge in [-0.1, -0.05) is 6.07 Å². The van der Waals surface area contributed by atoms with Crippen molar-refractivity contribution < 1.29 is 19.0 Å². The predicted molar refractivity (Wildman–Crippen MR) is 117 cm³/mol. The number of nitrogens with two attached hydrogens (primary N) is 1. The number of aromatic nitrogens is 3. The normalized spacial score (nSPS) is 16.5. The number of carbonyl (C=O) groups is 1. The van der Waals surface area contributed by atoms with Crippen LogP contribution in [0.3, 0.4) is 0 Å². The molecular formula is C22H27N5O4. The SMILES string of the molecule is COc1cc(-c2nc([C@@H]3CCOC3)n3ccnc(N)c23)ccc1NC(=O)OC(C)(C)C. The van der Waals surface area contributed by atoms with Crippen molar-refractivity contribution >= 4 is 23.1 Å². The number of nitrogen functional groups attached to an aromatic ring is 1. The lowest BCUT2D eigenvalue weighted by molar-refractivity contribution is 0.0635. The molecule has 0 unspecified atom stereocenters. The zero-order chi connectivity index (χ0) is 22.2. The summed E-state index contributed by atoms with van der Waals surface area (Å²) in [4.78, 5) is 21.3. The molecular weight excluding hydrogens is 398 g/mol. The maximum absolute atomic E-state index is 12.2. The fourth-order valence-corrected chi connectivity index (χ4v) is 3.67. The van der Waals surface area contributed by atoms with Gasteiger partial charge in [0.25, 0.3) is 0 Å². The van der Waals surface area contributed by atoms with E-state index in [9.17, 15) is 4.79 Å². The number of methoxy groups -OCH3 is 1. The molecule has 3 heterocycles. The first-order valence-electron chi connectivity index (χ1n) is 10.2. The topological polar surface area (TPSA) is 113 Å². The van der Waals surface area contributed by atoms with Gasteiger partial charge in [-0.15, -0.1) is 0 Å². The van der Waals surface area contributed by atoms with E-state index in [1.807, 2.05) is 43.5 Å². The molecule has 1 amide bonds. The van der Waals surface area contributed by atoms with Gasteiger partial charge in [0.2, 0.25) is 0 Å². The molecule has 9 nitrogen and oxygen atoms in total. The highest BCUT2D eigenvalue weighted by Gasteiger charge is 2.26. The van der Waals surface area contributed by atoms with E-state index in [2.05, 4.69) is 10.3 Å². The minimum absolute atomic E-state index is 0.193. The molecule has 4 rings (SSSR count). The van der Waals surface area contributed by atoms with Gasteiger partial charge in [0.05, 0.1) is 19.4 Å². The lowest BCUT2D eigenvalue weighted by atomic mass is 10.1. The Morgan fingerprint density at radius 1 is 1.35 bits per heavy atom. The number of carbonyl (C=O) groups excluding carboxylic acids is 1. The van der Waals surface area contributed by atoms with E-state index in [0.29, 0.717) is 36.2 Å². The Bertz CT molecular complexity index is 1110. The lowest BCUT2D eigenvalue weighted by Crippen LogP contribution is -2.27. The fraction of sp³-hybridized carbons (Fsp3) is 0.409. The minimum Gasteiger partial charge on any atom is -0.495 e. The maximum Gasteiger partial charge on any atom is 0.412 e. The van der Waals surface area contributed by atoms with Gasteiger partial charge in [-0.2, -0.15) is 0 Å². The first-order valence-corrected chi connectivity index (χ1v) is 10.2. The number of fused-ring (bicyclic) bond motifs is 1. The average molecular weight is 425 g/mol. The number of amides is 1. The minimum atomic E-state index is -0.600. The largest absolute Gasteiger partial charge is 0.495 e. The number of benzene rings is 1. The van der Waals surface area contributed by atoms with Crippen LogP contribution in [-0.2, 0) is 9.47 Å². The summed E-state index contributed by atoms with van der Waals surface area (Å²) in [7, 11) is 1.54. The van der Waals surface area contributed by atoms with Crippen LogP contribution in [0.15, 0.2) is 30.6 Å². The summed E-state index contributed by atoms with van der Waals surface area (Å²) < 4.78 is 18.4. The molecule has 2 aromatic heterocycles. The summed E-state index contributed by atoms with van der Waals surface area (Å²) in [5, 5.41) is 2.73. The number of imidazole rings is 1. The molecule has 31 heavy (non-hydrogen) atoms. The molecule has 9 heteroatoms. The number of hydrogen-bond acceptors (Lipinski definition) is 7. The molecule has 0 spiro atoms. The van der Waals surface area contributed by atoms with E-state index >= 15 is 0 Å². The van der Waals surface area contributed by atoms with Crippen LogP contribution >= 0.6 is 0 Å². The van der Waals surface area contributed by atoms with E-state index in [-0.39, 0.29) is 5.92 Å². The number of hydrogen-bond donors (Lipinski definition) is 2. The van der Waals surface area contributed by atoms with Crippen LogP contribution in [0.25, 0.3) is 16.8 Å². The smallest absolute Gasteiger partial charge is 0.412 e. The summed E-state index contributed by atoms with van der Waals surface area (Å²) in [5.74, 6) is 1.97. The van der Waals surface area contributed by atoms with Gasteiger partial charge in [-0.05, 0) is 39.3 Å². The molecule has 1 aromatic carbocycles. The van der Waals surface area contributed by atoms with Crippen molar-refractivity contribution in [1.82, 2.24) is 14.4 Å². The van der Waals surface area contributed by atoms with Gasteiger partial charge < -0.3 is 19.9 Å². The molecule has 0 bridgehead atoms. The zero-order valence-electron chi connectivity index (χ0n) is 18.1. The fourth-order valence-electron chi connectivity index (χ4n) is 3.67. The van der Waals surface area contributed by atoms with Crippen molar-refractivity contribution in [3.05, 3.63) is 36.4 Å². The van der Waals surface area contributed by atoms with E-state index in [1.165, 1.54) is 0 Å². The van der Waals surface area contributed by atoms with Crippen molar-refractivity contribution in [2.75, 3.05) is 31.4 Å². The van der Waals surface area contributed by atoms with Crippen LogP contribution in [0.2, 0.25) is 0 Å². The molecule has 0 aliphatic carbocycles. The van der Waals surface area contributed by atoms with Gasteiger partial charge in [-0.25, -0.2) is 14.8 Å². The zero-order valence-corrected chi connectivity index (χ0v) is 18.1. The molecule has 1 aliphatic rings. The molecule has 1 fully saturated rings. The Morgan fingerprint density at radius 2 is 2.16 bits per heavy atom. The molecule has 0 radical (unpaired) electrons. The van der Waals surface area contributed by atoms with Crippen molar-refractivity contribution in [2.45, 2.75) is 38.7 Å². The van der Waals surface area contributed by atoms with Crippen LogP contribution in [0.4, 0.5) is 16.3 Å². The number of ether oxygens (including phenoxy) is 3. The molecule has 1 atom stereocenters. The lowest BCUT2D eigenvalue weighted by Gasteiger charge is -2.20. The van der Waals surface area contributed by atoms with Crippen molar-refractivity contribution in [1.29, 1.82) is 0 Å². The Kier molecular flexibility index (Phi) is 5.45. The van der Waals surface area contributed by atoms with Gasteiger partial charge in [-0.3, -0.25) is 9.72 Å². The third kappa shape index (κ3) is 4.27. The second-order valence-corrected chi connectivity index (χ2v) is 8.45. The summed E-state index contributed by atoms with van der Waals surface area (Å²) in [6.45, 7) is 6.77. The van der Waals surface area contributed by atoms with Crippen LogP contribution in [0.1, 0.15) is 38.9 Å². The Balaban J connectivity index is 1.74. The molecule has 164 valence electrons. The standard InChI is InChI=1S/C22H27N5O4/c1-22(2,3)31-21(28)25-15-6-5-13(11-16(15)29-4)17-18-19(23)24-8-9-27(18)20(26-17)14-7-10-30-12-14/h5-6,8-9,11,14H,7,10,12H2,1-4H3,(H2,23,24)(H,25,28)/t14-/m1/s1. The van der Waals surface area contributed by atoms with Gasteiger partial charge in [0.15, 0.2) is 0 Å².